The first-order valence-electron chi connectivity index (χ1n) is 3.95. The maximum Gasteiger partial charge on any atom is 0.277 e. The molecule has 1 heterocycles. The van der Waals surface area contributed by atoms with Crippen LogP contribution in [-0.4, -0.2) is 56.9 Å². The second-order valence-corrected chi connectivity index (χ2v) is 2.81. The first kappa shape index (κ1) is 20.4. The predicted octanol–water partition coefficient (Wildman–Crippen LogP) is -1.65. The van der Waals surface area contributed by atoms with E-state index in [-0.39, 0.29) is 50.4 Å². The van der Waals surface area contributed by atoms with Crippen LogP contribution in [0.2, 0.25) is 0 Å². The van der Waals surface area contributed by atoms with Crippen molar-refractivity contribution in [3.05, 3.63) is 0 Å². The first-order valence-corrected chi connectivity index (χ1v) is 3.95. The first-order chi connectivity index (χ1) is 5.90. The standard InChI is InChI=1S/C5H10O4.C2H6O2.ClH.H3N/c1-3-4(9-3)2-5(6,7)8;3-1-2-4;;/h3-4,6-8H,2H2,1H3;3-4H,1-2H2;1H;1H3. The van der Waals surface area contributed by atoms with Crippen LogP contribution in [0.5, 0.6) is 0 Å². The van der Waals surface area contributed by atoms with Gasteiger partial charge >= 0.3 is 0 Å². The summed E-state index contributed by atoms with van der Waals surface area (Å²) in [7, 11) is 0. The van der Waals surface area contributed by atoms with Gasteiger partial charge in [-0.15, -0.1) is 12.4 Å². The molecule has 0 aromatic heterocycles. The predicted molar refractivity (Wildman–Crippen MR) is 54.8 cm³/mol. The van der Waals surface area contributed by atoms with Gasteiger partial charge in [0.15, 0.2) is 0 Å². The Bertz CT molecular complexity index is 140. The molecule has 7 nitrogen and oxygen atoms in total. The number of halogens is 1. The largest absolute Gasteiger partial charge is 0.394 e. The van der Waals surface area contributed by atoms with E-state index in [0.717, 1.165) is 0 Å². The molecule has 0 radical (unpaired) electrons. The van der Waals surface area contributed by atoms with Crippen LogP contribution in [-0.2, 0) is 4.74 Å². The minimum absolute atomic E-state index is 0. The average molecular weight is 250 g/mol. The SMILES string of the molecule is CC1OC1CC(O)(O)O.Cl.N.OCCO. The van der Waals surface area contributed by atoms with E-state index in [1.165, 1.54) is 0 Å². The molecule has 96 valence electrons. The summed E-state index contributed by atoms with van der Waals surface area (Å²) in [6, 6.07) is 0. The summed E-state index contributed by atoms with van der Waals surface area (Å²) in [5.74, 6) is -2.56. The molecule has 1 fully saturated rings. The molecule has 0 aromatic rings. The monoisotopic (exact) mass is 249 g/mol. The van der Waals surface area contributed by atoms with Crippen LogP contribution < -0.4 is 6.15 Å². The Kier molecular flexibility index (Phi) is 12.6. The molecule has 2 atom stereocenters. The molecule has 8 heteroatoms. The highest BCUT2D eigenvalue weighted by Crippen LogP contribution is 2.27. The Morgan fingerprint density at radius 1 is 1.13 bits per heavy atom. The molecule has 0 bridgehead atoms. The van der Waals surface area contributed by atoms with E-state index in [4.69, 9.17) is 30.3 Å². The summed E-state index contributed by atoms with van der Waals surface area (Å²) in [6.45, 7) is 1.55. The van der Waals surface area contributed by atoms with Crippen LogP contribution in [0.4, 0.5) is 0 Å². The number of ether oxygens (including phenoxy) is 1. The van der Waals surface area contributed by atoms with Crippen molar-refractivity contribution in [2.24, 2.45) is 0 Å². The second kappa shape index (κ2) is 9.25. The van der Waals surface area contributed by atoms with Crippen molar-refractivity contribution in [1.29, 1.82) is 0 Å². The van der Waals surface area contributed by atoms with Crippen LogP contribution in [0.25, 0.3) is 0 Å². The smallest absolute Gasteiger partial charge is 0.277 e. The lowest BCUT2D eigenvalue weighted by atomic mass is 10.2. The maximum absolute atomic E-state index is 8.38. The second-order valence-electron chi connectivity index (χ2n) is 2.81. The molecule has 0 saturated carbocycles. The van der Waals surface area contributed by atoms with Crippen molar-refractivity contribution in [1.82, 2.24) is 6.15 Å². The van der Waals surface area contributed by atoms with E-state index in [1.807, 2.05) is 0 Å². The molecule has 0 spiro atoms. The van der Waals surface area contributed by atoms with Crippen molar-refractivity contribution in [3.8, 4) is 0 Å². The minimum Gasteiger partial charge on any atom is -0.394 e. The van der Waals surface area contributed by atoms with Crippen LogP contribution >= 0.6 is 12.4 Å². The molecule has 0 amide bonds. The number of rotatable bonds is 3. The van der Waals surface area contributed by atoms with E-state index in [2.05, 4.69) is 0 Å². The highest BCUT2D eigenvalue weighted by molar-refractivity contribution is 5.85. The number of hydrogen-bond donors (Lipinski definition) is 6. The van der Waals surface area contributed by atoms with Crippen molar-refractivity contribution in [3.63, 3.8) is 0 Å². The van der Waals surface area contributed by atoms with Crippen LogP contribution in [0.1, 0.15) is 13.3 Å². The third-order valence-corrected chi connectivity index (χ3v) is 1.41. The number of aliphatic hydroxyl groups is 5. The van der Waals surface area contributed by atoms with Crippen molar-refractivity contribution < 1.29 is 30.3 Å². The molecule has 1 rings (SSSR count). The van der Waals surface area contributed by atoms with Crippen LogP contribution in [0.3, 0.4) is 0 Å². The number of hydrogen-bond acceptors (Lipinski definition) is 7. The minimum atomic E-state index is -2.56. The third-order valence-electron chi connectivity index (χ3n) is 1.41. The van der Waals surface area contributed by atoms with Gasteiger partial charge in [0.1, 0.15) is 0 Å². The highest BCUT2D eigenvalue weighted by atomic mass is 35.5. The Labute approximate surface area is 94.3 Å². The van der Waals surface area contributed by atoms with Crippen molar-refractivity contribution in [2.75, 3.05) is 13.2 Å². The Morgan fingerprint density at radius 3 is 1.53 bits per heavy atom. The van der Waals surface area contributed by atoms with E-state index in [0.29, 0.717) is 0 Å². The zero-order valence-corrected chi connectivity index (χ0v) is 9.35. The molecule has 15 heavy (non-hydrogen) atoms. The molecule has 2 unspecified atom stereocenters. The van der Waals surface area contributed by atoms with E-state index < -0.39 is 5.97 Å². The number of epoxide rings is 1. The summed E-state index contributed by atoms with van der Waals surface area (Å²) >= 11 is 0. The number of aliphatic hydroxyl groups excluding tert-OH is 2. The van der Waals surface area contributed by atoms with Gasteiger partial charge in [-0.3, -0.25) is 0 Å². The van der Waals surface area contributed by atoms with Gasteiger partial charge in [0.2, 0.25) is 0 Å². The summed E-state index contributed by atoms with van der Waals surface area (Å²) in [4.78, 5) is 0. The zero-order valence-electron chi connectivity index (χ0n) is 8.54. The van der Waals surface area contributed by atoms with Gasteiger partial charge in [-0.1, -0.05) is 0 Å². The Balaban J connectivity index is -0.000000213. The lowest BCUT2D eigenvalue weighted by molar-refractivity contribution is -0.315. The van der Waals surface area contributed by atoms with Gasteiger partial charge in [0.25, 0.3) is 5.97 Å². The Hall–Kier alpha value is 0.01000. The summed E-state index contributed by atoms with van der Waals surface area (Å²) in [5.41, 5.74) is 0. The van der Waals surface area contributed by atoms with E-state index in [9.17, 15) is 0 Å². The quantitative estimate of drug-likeness (QED) is 0.259. The third kappa shape index (κ3) is 14.0. The average Bonchev–Trinajstić information content (AvgIpc) is 2.63. The van der Waals surface area contributed by atoms with Gasteiger partial charge in [-0.2, -0.15) is 0 Å². The fourth-order valence-electron chi connectivity index (χ4n) is 0.714. The molecular weight excluding hydrogens is 230 g/mol. The van der Waals surface area contributed by atoms with E-state index >= 15 is 0 Å². The Morgan fingerprint density at radius 2 is 1.47 bits per heavy atom. The normalized spacial score (nSPS) is 22.8. The molecular formula is C7H20ClNO6. The fraction of sp³-hybridized carbons (Fsp3) is 1.00. The highest BCUT2D eigenvalue weighted by Gasteiger charge is 2.40. The molecule has 0 aromatic carbocycles. The molecule has 1 saturated heterocycles. The summed E-state index contributed by atoms with van der Waals surface area (Å²) in [6.07, 6.45) is -0.269. The van der Waals surface area contributed by atoms with Gasteiger partial charge in [-0.05, 0) is 6.92 Å². The zero-order chi connectivity index (χ0) is 10.5. The topological polar surface area (TPSA) is 149 Å². The van der Waals surface area contributed by atoms with Crippen LogP contribution in [0.15, 0.2) is 0 Å². The van der Waals surface area contributed by atoms with Gasteiger partial charge in [0.05, 0.1) is 31.8 Å². The van der Waals surface area contributed by atoms with Gasteiger partial charge < -0.3 is 36.4 Å². The fourth-order valence-corrected chi connectivity index (χ4v) is 0.714. The lowest BCUT2D eigenvalue weighted by Gasteiger charge is -2.10. The van der Waals surface area contributed by atoms with Crippen molar-refractivity contribution >= 4 is 12.4 Å². The molecule has 1 aliphatic rings. The lowest BCUT2D eigenvalue weighted by Crippen LogP contribution is -2.29. The summed E-state index contributed by atoms with van der Waals surface area (Å²) in [5, 5.41) is 40.4. The molecule has 0 aliphatic carbocycles. The summed E-state index contributed by atoms with van der Waals surface area (Å²) < 4.78 is 4.81. The van der Waals surface area contributed by atoms with Crippen LogP contribution in [0, 0.1) is 0 Å². The maximum atomic E-state index is 8.38. The van der Waals surface area contributed by atoms with Gasteiger partial charge in [-0.25, -0.2) is 0 Å². The molecule has 1 aliphatic heterocycles. The van der Waals surface area contributed by atoms with Gasteiger partial charge in [0, 0.05) is 0 Å². The van der Waals surface area contributed by atoms with E-state index in [1.54, 1.807) is 6.92 Å². The molecule has 8 N–H and O–H groups in total. The van der Waals surface area contributed by atoms with Crippen molar-refractivity contribution in [2.45, 2.75) is 31.5 Å².